The number of esters is 4. The molecule has 0 aromatic rings. The molecule has 0 spiro atoms. The molecule has 5 amide bonds. The van der Waals surface area contributed by atoms with Crippen molar-refractivity contribution in [1.82, 2.24) is 26.6 Å². The van der Waals surface area contributed by atoms with E-state index < -0.39 is 80.4 Å². The number of rotatable bonds is 71. The molecule has 3 rings (SSSR count). The Balaban J connectivity index is 1.60. The van der Waals surface area contributed by atoms with Crippen LogP contribution in [0.4, 0.5) is 0 Å². The zero-order chi connectivity index (χ0) is 91.8. The summed E-state index contributed by atoms with van der Waals surface area (Å²) in [5.41, 5.74) is -1.43. The number of carbonyl (C=O) groups is 13. The first-order valence-corrected chi connectivity index (χ1v) is 46.7. The molecular formula is C88H152N5O30P. The van der Waals surface area contributed by atoms with Crippen LogP contribution in [0.1, 0.15) is 276 Å². The predicted octanol–water partition coefficient (Wildman–Crippen LogP) is 9.79. The van der Waals surface area contributed by atoms with Crippen molar-refractivity contribution in [2.24, 2.45) is 41.4 Å². The Kier molecular flexibility index (Phi) is 58.1. The maximum absolute atomic E-state index is 14.0. The Bertz CT molecular complexity index is 3220. The van der Waals surface area contributed by atoms with E-state index in [1.165, 1.54) is 34.6 Å². The van der Waals surface area contributed by atoms with E-state index in [1.54, 1.807) is 0 Å². The lowest BCUT2D eigenvalue weighted by Gasteiger charge is -2.44. The first-order valence-electron chi connectivity index (χ1n) is 45.2. The molecule has 17 atom stereocenters. The molecule has 0 radical (unpaired) electrons. The Morgan fingerprint density at radius 3 is 1.19 bits per heavy atom. The van der Waals surface area contributed by atoms with E-state index in [2.05, 4.69) is 51.9 Å². The van der Waals surface area contributed by atoms with Gasteiger partial charge in [0.2, 0.25) is 29.5 Å². The number of hydrogen-bond donors (Lipinski definition) is 6. The molecule has 714 valence electrons. The van der Waals surface area contributed by atoms with Gasteiger partial charge < -0.3 is 93.1 Å². The van der Waals surface area contributed by atoms with Gasteiger partial charge in [-0.3, -0.25) is 71.4 Å². The molecule has 3 fully saturated rings. The second-order valence-electron chi connectivity index (χ2n) is 33.5. The van der Waals surface area contributed by atoms with Crippen molar-refractivity contribution >= 4 is 84.4 Å². The van der Waals surface area contributed by atoms with Crippen LogP contribution in [0.3, 0.4) is 0 Å². The summed E-state index contributed by atoms with van der Waals surface area (Å²) in [6.07, 6.45) is 8.49. The molecule has 3 aliphatic heterocycles. The quantitative estimate of drug-likeness (QED) is 0.0143. The molecule has 0 aliphatic carbocycles. The second kappa shape index (κ2) is 64.4. The molecule has 8 unspecified atom stereocenters. The number of nitrogens with one attached hydrogen (secondary N) is 5. The number of ketones is 4. The minimum absolute atomic E-state index is 0.0218. The first-order chi connectivity index (χ1) is 59.1. The third kappa shape index (κ3) is 49.8. The van der Waals surface area contributed by atoms with Gasteiger partial charge in [0.25, 0.3) is 0 Å². The number of unbranched alkanes of at least 4 members (excludes halogenated alkanes) is 10. The van der Waals surface area contributed by atoms with Gasteiger partial charge in [0.1, 0.15) is 60.7 Å². The van der Waals surface area contributed by atoms with Crippen LogP contribution in [0, 0.1) is 41.4 Å². The fourth-order valence-corrected chi connectivity index (χ4v) is 15.1. The van der Waals surface area contributed by atoms with Gasteiger partial charge >= 0.3 is 31.7 Å². The van der Waals surface area contributed by atoms with Crippen LogP contribution in [0.2, 0.25) is 0 Å². The average molecular weight is 1790 g/mol. The number of Topliss-reactive ketones (excluding diaryl/α,β-unsaturated/α-hetero) is 4. The van der Waals surface area contributed by atoms with Gasteiger partial charge in [-0.15, -0.1) is 0 Å². The van der Waals surface area contributed by atoms with Crippen molar-refractivity contribution < 1.29 is 142 Å². The number of hydrogen-bond acceptors (Lipinski definition) is 29. The summed E-state index contributed by atoms with van der Waals surface area (Å²) in [4.78, 5) is 173. The van der Waals surface area contributed by atoms with Crippen LogP contribution in [0.15, 0.2) is 0 Å². The van der Waals surface area contributed by atoms with E-state index in [4.69, 9.17) is 66.1 Å². The molecular weight excluding hydrogens is 1640 g/mol. The van der Waals surface area contributed by atoms with E-state index in [-0.39, 0.29) is 244 Å². The van der Waals surface area contributed by atoms with Gasteiger partial charge in [-0.1, -0.05) is 74.1 Å². The summed E-state index contributed by atoms with van der Waals surface area (Å²) in [7, 11) is -2.98. The highest BCUT2D eigenvalue weighted by Crippen LogP contribution is 2.42. The molecule has 0 aromatic carbocycles. The molecule has 3 aliphatic rings. The van der Waals surface area contributed by atoms with Crippen molar-refractivity contribution in [2.75, 3.05) is 113 Å². The van der Waals surface area contributed by atoms with E-state index in [0.29, 0.717) is 155 Å². The fraction of sp³-hybridized carbons (Fsp3) is 0.852. The van der Waals surface area contributed by atoms with Crippen LogP contribution in [-0.2, 0) is 138 Å². The van der Waals surface area contributed by atoms with E-state index in [9.17, 15) is 71.8 Å². The molecule has 6 N–H and O–H groups in total. The van der Waals surface area contributed by atoms with Crippen LogP contribution in [0.25, 0.3) is 0 Å². The first kappa shape index (κ1) is 112. The molecule has 0 aromatic heterocycles. The monoisotopic (exact) mass is 1790 g/mol. The third-order valence-corrected chi connectivity index (χ3v) is 23.9. The Hall–Kier alpha value is -6.34. The summed E-state index contributed by atoms with van der Waals surface area (Å²) < 4.78 is 97.3. The molecule has 0 bridgehead atoms. The Morgan fingerprint density at radius 1 is 0.355 bits per heavy atom. The number of carbonyl (C=O) groups excluding carboxylic acids is 13. The lowest BCUT2D eigenvalue weighted by atomic mass is 9.79. The Morgan fingerprint density at radius 2 is 0.718 bits per heavy atom. The third-order valence-electron chi connectivity index (χ3n) is 23.0. The van der Waals surface area contributed by atoms with Gasteiger partial charge in [-0.2, -0.15) is 0 Å². The van der Waals surface area contributed by atoms with Crippen molar-refractivity contribution in [3.63, 3.8) is 0 Å². The normalized spacial score (nSPS) is 23.5. The lowest BCUT2D eigenvalue weighted by molar-refractivity contribution is -0.273. The molecule has 35 nitrogen and oxygen atoms in total. The number of amides is 5. The van der Waals surface area contributed by atoms with Gasteiger partial charge in [0.05, 0.1) is 64.5 Å². The van der Waals surface area contributed by atoms with Crippen molar-refractivity contribution in [1.29, 1.82) is 0 Å². The topological polar surface area (TPSA) is 458 Å². The minimum atomic E-state index is -4.06. The molecule has 3 heterocycles. The zero-order valence-corrected chi connectivity index (χ0v) is 77.3. The highest BCUT2D eigenvalue weighted by atomic mass is 31.2. The van der Waals surface area contributed by atoms with Crippen LogP contribution >= 0.6 is 7.82 Å². The summed E-state index contributed by atoms with van der Waals surface area (Å²) in [6, 6.07) is -0.435. The maximum Gasteiger partial charge on any atom is 0.471 e. The highest BCUT2D eigenvalue weighted by molar-refractivity contribution is 7.47. The van der Waals surface area contributed by atoms with E-state index in [0.717, 1.165) is 7.11 Å². The average Bonchev–Trinajstić information content (AvgIpc) is 0.805. The SMILES string of the molecule is COP(=O)(O)OCCCCCCNC(=O)CCCC(=O)NC(COCCC(=O)CCCCCC(=O)CCCCO[C@@H]1OC(COC(C)=O)[C@H](C)[C@H](C)C1C)(COCCC(=O)CCCCCC(=O)CCCCO[C@@H]1OC(COC(C)=O)[C@H](OC(C)=O)[C@H](C)C1C)COCCC(=O)NCCCNC(=O)CCCCO[C@@H]1OC(COC(C)=O)[C@H](C)[C@H](C)C1NC(C)=O. The van der Waals surface area contributed by atoms with Crippen LogP contribution < -0.4 is 26.6 Å². The van der Waals surface area contributed by atoms with Crippen LogP contribution in [-0.4, -0.2) is 249 Å². The predicted molar refractivity (Wildman–Crippen MR) is 455 cm³/mol. The smallest absolute Gasteiger partial charge is 0.463 e. The maximum atomic E-state index is 14.0. The van der Waals surface area contributed by atoms with Gasteiger partial charge in [-0.25, -0.2) is 4.57 Å². The molecule has 3 saturated heterocycles. The largest absolute Gasteiger partial charge is 0.471 e. The Labute approximate surface area is 734 Å². The number of ether oxygens (including phenoxy) is 13. The molecule has 124 heavy (non-hydrogen) atoms. The summed E-state index contributed by atoms with van der Waals surface area (Å²) in [5, 5.41) is 14.5. The summed E-state index contributed by atoms with van der Waals surface area (Å²) in [5.74, 6) is -3.01. The van der Waals surface area contributed by atoms with Crippen molar-refractivity contribution in [3.8, 4) is 0 Å². The van der Waals surface area contributed by atoms with Crippen LogP contribution in [0.5, 0.6) is 0 Å². The highest BCUT2D eigenvalue weighted by Gasteiger charge is 2.46. The number of phosphoric ester groups is 1. The summed E-state index contributed by atoms with van der Waals surface area (Å²) in [6.45, 7) is 22.0. The minimum Gasteiger partial charge on any atom is -0.463 e. The van der Waals surface area contributed by atoms with Gasteiger partial charge in [-0.05, 0) is 114 Å². The molecule has 36 heteroatoms. The van der Waals surface area contributed by atoms with E-state index >= 15 is 0 Å². The van der Waals surface area contributed by atoms with Gasteiger partial charge in [0, 0.05) is 176 Å². The zero-order valence-electron chi connectivity index (χ0n) is 76.4. The summed E-state index contributed by atoms with van der Waals surface area (Å²) >= 11 is 0. The standard InChI is InChI=1S/C88H152N5O30P/c1-60-61(2)76(54-116-68(9)95)121-85(65(60)6)113-47-27-22-36-72(99)32-18-16-20-34-74(101)41-51-110-57-88(93-82(106)40-30-39-80(104)89-44-25-14-15-26-50-119-124(107,108)109-13,58-111-52-42-75(102)35-21-17-19-33-73(100)37-23-28-48-114-86-66(7)64(5)84(120-71(12)98)78(123-86)56-118-70(11)97)59-112-53-43-81(105)91-46-31-45-90-79(103)38-24-29-49-115-87-83(92-67(8)94)63(4)62(3)77(122-87)55-117-69(10)96/h60-66,76-78,83-87H,14-59H2,1-13H3,(H,89,104)(H,90,103)(H,91,105)(H,92,94)(H,93,106)(H,107,108)/t60-,61+,62+,63-,64+,65?,66?,76?,77?,78?,83?,84+,85+,86+,87+,88?/m0/s1. The molecule has 0 saturated carbocycles. The lowest BCUT2D eigenvalue weighted by Crippen LogP contribution is -2.58. The van der Waals surface area contributed by atoms with E-state index in [1.807, 2.05) is 27.7 Å². The second-order valence-corrected chi connectivity index (χ2v) is 35.1. The number of phosphoric acid groups is 1. The van der Waals surface area contributed by atoms with Crippen molar-refractivity contribution in [3.05, 3.63) is 0 Å². The fourth-order valence-electron chi connectivity index (χ4n) is 14.7. The van der Waals surface area contributed by atoms with Crippen molar-refractivity contribution in [2.45, 2.75) is 331 Å². The van der Waals surface area contributed by atoms with Gasteiger partial charge in [0.15, 0.2) is 18.9 Å².